The second-order valence-corrected chi connectivity index (χ2v) is 10.5. The summed E-state index contributed by atoms with van der Waals surface area (Å²) in [6.45, 7) is 10.0. The number of carboxylic acid groups (broad SMARTS) is 1. The maximum absolute atomic E-state index is 12.0. The average molecular weight is 408 g/mol. The Morgan fingerprint density at radius 1 is 1.17 bits per heavy atom. The molecule has 0 aromatic heterocycles. The fourth-order valence-electron chi connectivity index (χ4n) is 5.87. The third-order valence-corrected chi connectivity index (χ3v) is 7.86. The van der Waals surface area contributed by atoms with E-state index in [9.17, 15) is 9.90 Å². The molecule has 0 heterocycles. The van der Waals surface area contributed by atoms with E-state index in [1.165, 1.54) is 30.4 Å². The number of rotatable bonds is 3. The highest BCUT2D eigenvalue weighted by atomic mass is 16.4. The molecule has 2 saturated carbocycles. The lowest BCUT2D eigenvalue weighted by Gasteiger charge is -2.58. The number of hydrogen-bond acceptors (Lipinski definition) is 4. The van der Waals surface area contributed by atoms with Crippen LogP contribution in [0.3, 0.4) is 0 Å². The molecule has 3 aliphatic rings. The molecule has 3 aliphatic carbocycles. The van der Waals surface area contributed by atoms with E-state index in [1.54, 1.807) is 12.5 Å². The van der Waals surface area contributed by atoms with Crippen LogP contribution in [0.2, 0.25) is 0 Å². The summed E-state index contributed by atoms with van der Waals surface area (Å²) in [7, 11) is 0. The number of hydrogen-bond donors (Lipinski definition) is 4. The Morgan fingerprint density at radius 2 is 1.79 bits per heavy atom. The van der Waals surface area contributed by atoms with Gasteiger partial charge in [0.15, 0.2) is 0 Å². The van der Waals surface area contributed by atoms with Crippen molar-refractivity contribution in [2.75, 3.05) is 13.2 Å². The highest BCUT2D eigenvalue weighted by Gasteiger charge is 2.57. The first-order chi connectivity index (χ1) is 13.4. The standard InChI is InChI=1S/C20H30O2.C4H11NO2/c1-13(2)14-6-8-16-15(12-14)7-9-17-19(16,3)10-5-11-20(17,4)18(21)22;1-4(5,2-6)3-7/h12,16-17H,5-11H2,1-4H3,(H,21,22);6-7H,2-3,5H2,1H3. The van der Waals surface area contributed by atoms with Crippen molar-refractivity contribution in [3.05, 3.63) is 22.8 Å². The number of carboxylic acids is 1. The van der Waals surface area contributed by atoms with E-state index >= 15 is 0 Å². The smallest absolute Gasteiger partial charge is 0.309 e. The minimum absolute atomic E-state index is 0.177. The van der Waals surface area contributed by atoms with Gasteiger partial charge < -0.3 is 21.1 Å². The predicted octanol–water partition coefficient (Wildman–Crippen LogP) is 4.04. The van der Waals surface area contributed by atoms with E-state index in [4.69, 9.17) is 15.9 Å². The number of allylic oxidation sites excluding steroid dienone is 4. The van der Waals surface area contributed by atoms with Crippen molar-refractivity contribution in [1.29, 1.82) is 0 Å². The van der Waals surface area contributed by atoms with Crippen LogP contribution in [-0.2, 0) is 4.79 Å². The summed E-state index contributed by atoms with van der Waals surface area (Å²) >= 11 is 0. The Labute approximate surface area is 176 Å². The van der Waals surface area contributed by atoms with Crippen LogP contribution in [0.5, 0.6) is 0 Å². The van der Waals surface area contributed by atoms with Crippen LogP contribution < -0.4 is 5.73 Å². The van der Waals surface area contributed by atoms with Crippen LogP contribution in [0, 0.1) is 22.7 Å². The highest BCUT2D eigenvalue weighted by Crippen LogP contribution is 2.63. The largest absolute Gasteiger partial charge is 0.481 e. The van der Waals surface area contributed by atoms with Crippen LogP contribution in [0.25, 0.3) is 0 Å². The molecule has 0 amide bonds. The molecular formula is C24H41NO4. The minimum atomic E-state index is -0.806. The minimum Gasteiger partial charge on any atom is -0.481 e. The lowest BCUT2D eigenvalue weighted by Crippen LogP contribution is -2.53. The fraction of sp³-hybridized carbons (Fsp3) is 0.792. The van der Waals surface area contributed by atoms with Crippen molar-refractivity contribution in [3.63, 3.8) is 0 Å². The quantitative estimate of drug-likeness (QED) is 0.565. The first kappa shape index (κ1) is 24.1. The Morgan fingerprint density at radius 3 is 2.28 bits per heavy atom. The Bertz CT molecular complexity index is 670. The summed E-state index contributed by atoms with van der Waals surface area (Å²) in [6.07, 6.45) is 10.1. The van der Waals surface area contributed by atoms with Gasteiger partial charge in [0.05, 0.1) is 24.2 Å². The van der Waals surface area contributed by atoms with Crippen molar-refractivity contribution < 1.29 is 20.1 Å². The molecule has 4 unspecified atom stereocenters. The third kappa shape index (κ3) is 4.78. The van der Waals surface area contributed by atoms with Crippen molar-refractivity contribution in [2.24, 2.45) is 28.4 Å². The molecule has 29 heavy (non-hydrogen) atoms. The zero-order valence-electron chi connectivity index (χ0n) is 18.9. The lowest BCUT2D eigenvalue weighted by molar-refractivity contribution is -0.164. The van der Waals surface area contributed by atoms with Gasteiger partial charge in [-0.05, 0) is 89.0 Å². The molecule has 4 atom stereocenters. The number of nitrogens with two attached hydrogens (primary N) is 1. The van der Waals surface area contributed by atoms with E-state index in [-0.39, 0.29) is 18.6 Å². The van der Waals surface area contributed by atoms with Crippen LogP contribution in [0.4, 0.5) is 0 Å². The van der Waals surface area contributed by atoms with E-state index in [0.717, 1.165) is 25.7 Å². The molecule has 0 saturated heterocycles. The molecule has 0 aromatic rings. The summed E-state index contributed by atoms with van der Waals surface area (Å²) in [5, 5.41) is 26.5. The summed E-state index contributed by atoms with van der Waals surface area (Å²) in [4.78, 5) is 12.0. The van der Waals surface area contributed by atoms with E-state index in [0.29, 0.717) is 11.8 Å². The summed E-state index contributed by atoms with van der Waals surface area (Å²) in [6, 6.07) is 0. The van der Waals surface area contributed by atoms with Gasteiger partial charge in [-0.1, -0.05) is 30.6 Å². The number of carbonyl (C=O) groups is 1. The monoisotopic (exact) mass is 407 g/mol. The molecule has 166 valence electrons. The lowest BCUT2D eigenvalue weighted by atomic mass is 9.46. The third-order valence-electron chi connectivity index (χ3n) is 7.86. The normalized spacial score (nSPS) is 34.2. The predicted molar refractivity (Wildman–Crippen MR) is 116 cm³/mol. The van der Waals surface area contributed by atoms with Gasteiger partial charge in [0.2, 0.25) is 0 Å². The van der Waals surface area contributed by atoms with Crippen molar-refractivity contribution in [2.45, 2.75) is 85.1 Å². The van der Waals surface area contributed by atoms with Gasteiger partial charge in [-0.2, -0.15) is 0 Å². The van der Waals surface area contributed by atoms with Gasteiger partial charge in [0, 0.05) is 0 Å². The summed E-state index contributed by atoms with van der Waals surface area (Å²) in [5.41, 5.74) is 8.64. The van der Waals surface area contributed by atoms with Gasteiger partial charge in [0.1, 0.15) is 0 Å². The summed E-state index contributed by atoms with van der Waals surface area (Å²) < 4.78 is 0. The van der Waals surface area contributed by atoms with E-state index < -0.39 is 16.9 Å². The molecule has 5 N–H and O–H groups in total. The number of aliphatic carboxylic acids is 1. The molecule has 5 nitrogen and oxygen atoms in total. The van der Waals surface area contributed by atoms with Crippen molar-refractivity contribution >= 4 is 5.97 Å². The zero-order valence-corrected chi connectivity index (χ0v) is 18.9. The molecule has 0 radical (unpaired) electrons. The molecule has 0 spiro atoms. The first-order valence-corrected chi connectivity index (χ1v) is 11.0. The Balaban J connectivity index is 0.000000370. The van der Waals surface area contributed by atoms with Gasteiger partial charge in [0.25, 0.3) is 0 Å². The highest BCUT2D eigenvalue weighted by molar-refractivity contribution is 5.75. The van der Waals surface area contributed by atoms with Crippen LogP contribution in [-0.4, -0.2) is 40.0 Å². The van der Waals surface area contributed by atoms with Crippen molar-refractivity contribution in [3.8, 4) is 0 Å². The molecule has 5 heteroatoms. The molecule has 3 rings (SSSR count). The molecule has 0 aliphatic heterocycles. The van der Waals surface area contributed by atoms with E-state index in [1.807, 2.05) is 6.92 Å². The topological polar surface area (TPSA) is 104 Å². The van der Waals surface area contributed by atoms with Gasteiger partial charge in [-0.15, -0.1) is 0 Å². The van der Waals surface area contributed by atoms with Crippen molar-refractivity contribution in [1.82, 2.24) is 0 Å². The van der Waals surface area contributed by atoms with Gasteiger partial charge >= 0.3 is 5.97 Å². The average Bonchev–Trinajstić information content (AvgIpc) is 2.67. The SMILES string of the molecule is CC(C)=C1C=C2CCC3C(C)(C(=O)O)CCCC3(C)C2CC1.CC(N)(CO)CO. The second kappa shape index (κ2) is 8.91. The second-order valence-electron chi connectivity index (χ2n) is 10.5. The molecule has 0 aromatic carbocycles. The molecule has 2 fully saturated rings. The molecule has 0 bridgehead atoms. The maximum Gasteiger partial charge on any atom is 0.309 e. The van der Waals surface area contributed by atoms with Crippen LogP contribution in [0.1, 0.15) is 79.6 Å². The Kier molecular flexibility index (Phi) is 7.40. The van der Waals surface area contributed by atoms with Gasteiger partial charge in [-0.25, -0.2) is 0 Å². The maximum atomic E-state index is 12.0. The number of fused-ring (bicyclic) bond motifs is 3. The number of aliphatic hydroxyl groups excluding tert-OH is 2. The van der Waals surface area contributed by atoms with Gasteiger partial charge in [-0.3, -0.25) is 4.79 Å². The molecular weight excluding hydrogens is 366 g/mol. The summed E-state index contributed by atoms with van der Waals surface area (Å²) in [5.74, 6) is 0.367. The Hall–Kier alpha value is -1.17. The number of aliphatic hydroxyl groups is 2. The van der Waals surface area contributed by atoms with Crippen LogP contribution in [0.15, 0.2) is 22.8 Å². The fourth-order valence-corrected chi connectivity index (χ4v) is 5.87. The first-order valence-electron chi connectivity index (χ1n) is 11.0. The zero-order chi connectivity index (χ0) is 22.0. The van der Waals surface area contributed by atoms with E-state index in [2.05, 4.69) is 26.8 Å². The van der Waals surface area contributed by atoms with Crippen LogP contribution >= 0.6 is 0 Å².